The number of hydrogen-bond acceptors (Lipinski definition) is 2. The van der Waals surface area contributed by atoms with Crippen LogP contribution in [0.3, 0.4) is 0 Å². The van der Waals surface area contributed by atoms with Crippen LogP contribution in [0.1, 0.15) is 46.0 Å². The van der Waals surface area contributed by atoms with Gasteiger partial charge >= 0.3 is 0 Å². The molecule has 1 rings (SSSR count). The van der Waals surface area contributed by atoms with E-state index in [1.165, 1.54) is 0 Å². The highest BCUT2D eigenvalue weighted by molar-refractivity contribution is 5.81. The lowest BCUT2D eigenvalue weighted by molar-refractivity contribution is -0.126. The van der Waals surface area contributed by atoms with Gasteiger partial charge in [0.05, 0.1) is 6.10 Å². The molecule has 76 valence electrons. The predicted molar refractivity (Wildman–Crippen MR) is 52.4 cm³/mol. The smallest absolute Gasteiger partial charge is 0.136 e. The molecule has 13 heavy (non-hydrogen) atoms. The Hall–Kier alpha value is -0.370. The molecule has 0 amide bonds. The molecular formula is C11H20O2. The third-order valence-electron chi connectivity index (χ3n) is 3.05. The van der Waals surface area contributed by atoms with E-state index in [0.29, 0.717) is 18.1 Å². The first-order chi connectivity index (χ1) is 6.13. The molecule has 2 nitrogen and oxygen atoms in total. The molecule has 0 aromatic carbocycles. The quantitative estimate of drug-likeness (QED) is 0.729. The standard InChI is InChI=1S/C11H20O2/c1-3-10(12)7-9-6-8(2)4-5-11(9)13/h8-10,12H,3-7H2,1-2H3. The maximum Gasteiger partial charge on any atom is 0.136 e. The van der Waals surface area contributed by atoms with E-state index in [-0.39, 0.29) is 12.0 Å². The number of hydrogen-bond donors (Lipinski definition) is 1. The Labute approximate surface area is 80.3 Å². The SMILES string of the molecule is CCC(O)CC1CC(C)CCC1=O. The maximum absolute atomic E-state index is 11.5. The molecule has 1 aliphatic carbocycles. The molecule has 1 aliphatic rings. The summed E-state index contributed by atoms with van der Waals surface area (Å²) in [4.78, 5) is 11.5. The van der Waals surface area contributed by atoms with Crippen LogP contribution in [0.25, 0.3) is 0 Å². The molecule has 0 bridgehead atoms. The number of carbonyl (C=O) groups excluding carboxylic acids is 1. The Balaban J connectivity index is 2.42. The molecule has 0 saturated heterocycles. The van der Waals surface area contributed by atoms with Crippen LogP contribution >= 0.6 is 0 Å². The van der Waals surface area contributed by atoms with E-state index in [9.17, 15) is 9.90 Å². The van der Waals surface area contributed by atoms with Crippen molar-refractivity contribution >= 4 is 5.78 Å². The highest BCUT2D eigenvalue weighted by atomic mass is 16.3. The molecular weight excluding hydrogens is 164 g/mol. The minimum absolute atomic E-state index is 0.138. The number of rotatable bonds is 3. The summed E-state index contributed by atoms with van der Waals surface area (Å²) in [5.41, 5.74) is 0. The van der Waals surface area contributed by atoms with Crippen LogP contribution in [0.4, 0.5) is 0 Å². The predicted octanol–water partition coefficient (Wildman–Crippen LogP) is 2.15. The lowest BCUT2D eigenvalue weighted by atomic mass is 9.78. The van der Waals surface area contributed by atoms with Crippen LogP contribution < -0.4 is 0 Å². The highest BCUT2D eigenvalue weighted by Gasteiger charge is 2.27. The zero-order valence-corrected chi connectivity index (χ0v) is 8.62. The van der Waals surface area contributed by atoms with Gasteiger partial charge in [-0.25, -0.2) is 0 Å². The van der Waals surface area contributed by atoms with Gasteiger partial charge in [0.15, 0.2) is 0 Å². The van der Waals surface area contributed by atoms with Crippen LogP contribution in [0.15, 0.2) is 0 Å². The topological polar surface area (TPSA) is 37.3 Å². The summed E-state index contributed by atoms with van der Waals surface area (Å²) in [6, 6.07) is 0. The third-order valence-corrected chi connectivity index (χ3v) is 3.05. The second kappa shape index (κ2) is 4.75. The van der Waals surface area contributed by atoms with E-state index in [1.54, 1.807) is 0 Å². The van der Waals surface area contributed by atoms with E-state index < -0.39 is 0 Å². The van der Waals surface area contributed by atoms with E-state index in [4.69, 9.17) is 0 Å². The van der Waals surface area contributed by atoms with Crippen LogP contribution in [-0.2, 0) is 4.79 Å². The first-order valence-corrected chi connectivity index (χ1v) is 5.34. The van der Waals surface area contributed by atoms with Gasteiger partial charge in [0.2, 0.25) is 0 Å². The number of carbonyl (C=O) groups is 1. The van der Waals surface area contributed by atoms with E-state index >= 15 is 0 Å². The summed E-state index contributed by atoms with van der Waals surface area (Å²) >= 11 is 0. The van der Waals surface area contributed by atoms with E-state index in [2.05, 4.69) is 6.92 Å². The molecule has 3 unspecified atom stereocenters. The van der Waals surface area contributed by atoms with Gasteiger partial charge in [-0.15, -0.1) is 0 Å². The molecule has 1 saturated carbocycles. The number of aliphatic hydroxyl groups is 1. The van der Waals surface area contributed by atoms with Crippen LogP contribution in [-0.4, -0.2) is 17.0 Å². The van der Waals surface area contributed by atoms with Crippen molar-refractivity contribution in [2.24, 2.45) is 11.8 Å². The number of Topliss-reactive ketones (excluding diaryl/α,β-unsaturated/α-hetero) is 1. The van der Waals surface area contributed by atoms with Crippen LogP contribution in [0, 0.1) is 11.8 Å². The Morgan fingerprint density at radius 2 is 2.31 bits per heavy atom. The lowest BCUT2D eigenvalue weighted by Crippen LogP contribution is -2.27. The van der Waals surface area contributed by atoms with Crippen molar-refractivity contribution in [2.45, 2.75) is 52.1 Å². The lowest BCUT2D eigenvalue weighted by Gasteiger charge is -2.26. The second-order valence-electron chi connectivity index (χ2n) is 4.34. The van der Waals surface area contributed by atoms with Gasteiger partial charge in [-0.1, -0.05) is 13.8 Å². The van der Waals surface area contributed by atoms with Crippen molar-refractivity contribution in [1.29, 1.82) is 0 Å². The Morgan fingerprint density at radius 1 is 1.62 bits per heavy atom. The molecule has 2 heteroatoms. The van der Waals surface area contributed by atoms with Gasteiger partial charge in [0.25, 0.3) is 0 Å². The first-order valence-electron chi connectivity index (χ1n) is 5.34. The summed E-state index contributed by atoms with van der Waals surface area (Å²) in [5, 5.41) is 9.46. The van der Waals surface area contributed by atoms with Gasteiger partial charge in [0, 0.05) is 12.3 Å². The average molecular weight is 184 g/mol. The molecule has 3 atom stereocenters. The van der Waals surface area contributed by atoms with Crippen molar-refractivity contribution < 1.29 is 9.90 Å². The largest absolute Gasteiger partial charge is 0.393 e. The summed E-state index contributed by atoms with van der Waals surface area (Å²) < 4.78 is 0. The second-order valence-corrected chi connectivity index (χ2v) is 4.34. The molecule has 0 heterocycles. The minimum Gasteiger partial charge on any atom is -0.393 e. The minimum atomic E-state index is -0.278. The fraction of sp³-hybridized carbons (Fsp3) is 0.909. The first kappa shape index (κ1) is 10.7. The Morgan fingerprint density at radius 3 is 2.92 bits per heavy atom. The van der Waals surface area contributed by atoms with Crippen molar-refractivity contribution in [3.8, 4) is 0 Å². The van der Waals surface area contributed by atoms with Crippen molar-refractivity contribution in [3.05, 3.63) is 0 Å². The Kier molecular flexibility index (Phi) is 3.91. The Bertz CT molecular complexity index is 177. The summed E-state index contributed by atoms with van der Waals surface area (Å²) in [7, 11) is 0. The molecule has 0 aliphatic heterocycles. The zero-order valence-electron chi connectivity index (χ0n) is 8.62. The molecule has 0 aromatic rings. The van der Waals surface area contributed by atoms with Crippen LogP contribution in [0.2, 0.25) is 0 Å². The van der Waals surface area contributed by atoms with E-state index in [0.717, 1.165) is 25.7 Å². The van der Waals surface area contributed by atoms with Crippen molar-refractivity contribution in [1.82, 2.24) is 0 Å². The molecule has 0 radical (unpaired) electrons. The highest BCUT2D eigenvalue weighted by Crippen LogP contribution is 2.29. The molecule has 0 spiro atoms. The summed E-state index contributed by atoms with van der Waals surface area (Å²) in [6.45, 7) is 4.15. The molecule has 0 aromatic heterocycles. The monoisotopic (exact) mass is 184 g/mol. The van der Waals surface area contributed by atoms with Gasteiger partial charge in [0.1, 0.15) is 5.78 Å². The fourth-order valence-corrected chi connectivity index (χ4v) is 2.05. The van der Waals surface area contributed by atoms with Crippen LogP contribution in [0.5, 0.6) is 0 Å². The van der Waals surface area contributed by atoms with Crippen molar-refractivity contribution in [2.75, 3.05) is 0 Å². The van der Waals surface area contributed by atoms with Gasteiger partial charge in [-0.2, -0.15) is 0 Å². The van der Waals surface area contributed by atoms with Crippen molar-refractivity contribution in [3.63, 3.8) is 0 Å². The van der Waals surface area contributed by atoms with Gasteiger partial charge in [-0.05, 0) is 31.6 Å². The summed E-state index contributed by atoms with van der Waals surface area (Å²) in [5.74, 6) is 1.16. The average Bonchev–Trinajstić information content (AvgIpc) is 2.11. The third kappa shape index (κ3) is 3.11. The molecule has 1 fully saturated rings. The zero-order chi connectivity index (χ0) is 9.84. The van der Waals surface area contributed by atoms with Gasteiger partial charge in [-0.3, -0.25) is 4.79 Å². The van der Waals surface area contributed by atoms with Gasteiger partial charge < -0.3 is 5.11 Å². The summed E-state index contributed by atoms with van der Waals surface area (Å²) in [6.07, 6.45) is 3.91. The fourth-order valence-electron chi connectivity index (χ4n) is 2.05. The van der Waals surface area contributed by atoms with E-state index in [1.807, 2.05) is 6.92 Å². The maximum atomic E-state index is 11.5. The number of ketones is 1. The molecule has 1 N–H and O–H groups in total. The number of aliphatic hydroxyl groups excluding tert-OH is 1. The normalized spacial score (nSPS) is 31.8.